The van der Waals surface area contributed by atoms with Crippen LogP contribution in [0.25, 0.3) is 0 Å². The number of aliphatic imine (C=N–C) groups is 1. The molecule has 1 aliphatic rings. The standard InChI is InChI=1S/C23H19N3O4S/c1-15(24-22-19-12-5-6-13-20(19)31(29,30)26-22)23(28)25-18-11-7-10-17(14-18)21(27)16-8-3-2-4-9-16/h2-15H,1H3,(H,24,26)(H,25,28)/t15-/m0/s1. The Bertz CT molecular complexity index is 1300. The first kappa shape index (κ1) is 20.5. The van der Waals surface area contributed by atoms with E-state index in [0.717, 1.165) is 0 Å². The second-order valence-corrected chi connectivity index (χ2v) is 8.67. The number of fused-ring (bicyclic) bond motifs is 1. The van der Waals surface area contributed by atoms with Gasteiger partial charge in [0, 0.05) is 22.4 Å². The molecule has 1 heterocycles. The molecule has 0 radical (unpaired) electrons. The van der Waals surface area contributed by atoms with E-state index in [4.69, 9.17) is 0 Å². The van der Waals surface area contributed by atoms with Gasteiger partial charge in [-0.05, 0) is 31.2 Å². The van der Waals surface area contributed by atoms with Crippen LogP contribution in [0.3, 0.4) is 0 Å². The number of hydrogen-bond donors (Lipinski definition) is 2. The fraction of sp³-hybridized carbons (Fsp3) is 0.0870. The molecule has 1 atom stereocenters. The topological polar surface area (TPSA) is 105 Å². The molecule has 1 aliphatic heterocycles. The maximum absolute atomic E-state index is 12.6. The number of rotatable bonds is 5. The number of nitrogens with one attached hydrogen (secondary N) is 2. The first-order chi connectivity index (χ1) is 14.8. The molecule has 1 amide bonds. The highest BCUT2D eigenvalue weighted by Gasteiger charge is 2.31. The Hall–Kier alpha value is -3.78. The lowest BCUT2D eigenvalue weighted by Crippen LogP contribution is -2.29. The van der Waals surface area contributed by atoms with Crippen molar-refractivity contribution in [2.24, 2.45) is 4.99 Å². The number of sulfonamides is 1. The molecule has 2 N–H and O–H groups in total. The smallest absolute Gasteiger partial charge is 0.263 e. The monoisotopic (exact) mass is 433 g/mol. The molecule has 3 aromatic rings. The Labute approximate surface area is 179 Å². The van der Waals surface area contributed by atoms with Gasteiger partial charge in [-0.3, -0.25) is 19.3 Å². The van der Waals surface area contributed by atoms with Crippen LogP contribution in [0.2, 0.25) is 0 Å². The second-order valence-electron chi connectivity index (χ2n) is 7.02. The summed E-state index contributed by atoms with van der Waals surface area (Å²) >= 11 is 0. The molecule has 8 heteroatoms. The highest BCUT2D eigenvalue weighted by molar-refractivity contribution is 7.90. The van der Waals surface area contributed by atoms with Crippen molar-refractivity contribution in [2.45, 2.75) is 17.9 Å². The van der Waals surface area contributed by atoms with E-state index in [1.165, 1.54) is 6.07 Å². The highest BCUT2D eigenvalue weighted by Crippen LogP contribution is 2.23. The first-order valence-corrected chi connectivity index (χ1v) is 11.0. The van der Waals surface area contributed by atoms with E-state index >= 15 is 0 Å². The van der Waals surface area contributed by atoms with Crippen LogP contribution in [0.1, 0.15) is 28.4 Å². The van der Waals surface area contributed by atoms with Gasteiger partial charge in [-0.1, -0.05) is 54.6 Å². The molecule has 31 heavy (non-hydrogen) atoms. The van der Waals surface area contributed by atoms with Crippen molar-refractivity contribution in [3.05, 3.63) is 95.6 Å². The molecular formula is C23H19N3O4S. The molecule has 0 saturated carbocycles. The van der Waals surface area contributed by atoms with Gasteiger partial charge < -0.3 is 5.32 Å². The Morgan fingerprint density at radius 3 is 2.35 bits per heavy atom. The Morgan fingerprint density at radius 1 is 0.903 bits per heavy atom. The van der Waals surface area contributed by atoms with Crippen molar-refractivity contribution in [1.82, 2.24) is 4.72 Å². The third-order valence-electron chi connectivity index (χ3n) is 4.79. The molecule has 0 spiro atoms. The third kappa shape index (κ3) is 4.24. The molecule has 7 nitrogen and oxygen atoms in total. The average molecular weight is 433 g/mol. The number of ketones is 1. The summed E-state index contributed by atoms with van der Waals surface area (Å²) in [6.45, 7) is 1.57. The lowest BCUT2D eigenvalue weighted by molar-refractivity contribution is -0.117. The molecule has 0 bridgehead atoms. The van der Waals surface area contributed by atoms with E-state index < -0.39 is 22.0 Å². The minimum absolute atomic E-state index is 0.131. The molecule has 0 aromatic heterocycles. The fourth-order valence-electron chi connectivity index (χ4n) is 3.22. The van der Waals surface area contributed by atoms with E-state index in [-0.39, 0.29) is 16.5 Å². The van der Waals surface area contributed by atoms with E-state index in [1.807, 2.05) is 6.07 Å². The van der Waals surface area contributed by atoms with Gasteiger partial charge in [-0.2, -0.15) is 0 Å². The van der Waals surface area contributed by atoms with Crippen LogP contribution in [0.4, 0.5) is 5.69 Å². The van der Waals surface area contributed by atoms with E-state index in [2.05, 4.69) is 15.0 Å². The van der Waals surface area contributed by atoms with Gasteiger partial charge in [0.2, 0.25) is 5.91 Å². The zero-order chi connectivity index (χ0) is 22.0. The van der Waals surface area contributed by atoms with Crippen molar-refractivity contribution in [3.8, 4) is 0 Å². The molecule has 3 aromatic carbocycles. The summed E-state index contributed by atoms with van der Waals surface area (Å²) in [6, 6.07) is 21.1. The summed E-state index contributed by atoms with van der Waals surface area (Å²) in [5.41, 5.74) is 1.88. The normalized spacial score (nSPS) is 16.2. The van der Waals surface area contributed by atoms with Gasteiger partial charge in [-0.25, -0.2) is 8.42 Å². The summed E-state index contributed by atoms with van der Waals surface area (Å²) in [5, 5.41) is 2.73. The van der Waals surface area contributed by atoms with Crippen molar-refractivity contribution in [3.63, 3.8) is 0 Å². The molecule has 0 saturated heterocycles. The van der Waals surface area contributed by atoms with Crippen LogP contribution < -0.4 is 10.0 Å². The molecule has 0 aliphatic carbocycles. The molecule has 156 valence electrons. The van der Waals surface area contributed by atoms with Crippen molar-refractivity contribution in [2.75, 3.05) is 5.32 Å². The maximum Gasteiger partial charge on any atom is 0.263 e. The Balaban J connectivity index is 1.52. The zero-order valence-corrected chi connectivity index (χ0v) is 17.4. The number of hydrogen-bond acceptors (Lipinski definition) is 5. The van der Waals surface area contributed by atoms with Gasteiger partial charge in [-0.15, -0.1) is 0 Å². The SMILES string of the molecule is C[C@H](N=C1NS(=O)(=O)c2ccccc21)C(=O)Nc1cccc(C(=O)c2ccccc2)c1. The number of amidine groups is 1. The molecule has 0 fully saturated rings. The van der Waals surface area contributed by atoms with Gasteiger partial charge in [0.1, 0.15) is 11.9 Å². The van der Waals surface area contributed by atoms with Crippen LogP contribution in [-0.4, -0.2) is 32.0 Å². The predicted octanol–water partition coefficient (Wildman–Crippen LogP) is 2.98. The highest BCUT2D eigenvalue weighted by atomic mass is 32.2. The summed E-state index contributed by atoms with van der Waals surface area (Å²) < 4.78 is 26.8. The maximum atomic E-state index is 12.6. The summed E-state index contributed by atoms with van der Waals surface area (Å²) in [7, 11) is -3.68. The Kier molecular flexibility index (Phi) is 5.39. The predicted molar refractivity (Wildman–Crippen MR) is 118 cm³/mol. The summed E-state index contributed by atoms with van der Waals surface area (Å²) in [4.78, 5) is 29.7. The number of anilines is 1. The van der Waals surface area contributed by atoms with Crippen LogP contribution in [-0.2, 0) is 14.8 Å². The molecule has 4 rings (SSSR count). The lowest BCUT2D eigenvalue weighted by atomic mass is 10.0. The van der Waals surface area contributed by atoms with E-state index in [1.54, 1.807) is 73.7 Å². The number of benzene rings is 3. The largest absolute Gasteiger partial charge is 0.324 e. The van der Waals surface area contributed by atoms with Crippen LogP contribution >= 0.6 is 0 Å². The second kappa shape index (κ2) is 8.16. The Morgan fingerprint density at radius 2 is 1.58 bits per heavy atom. The number of nitrogens with zero attached hydrogens (tertiary/aromatic N) is 1. The minimum Gasteiger partial charge on any atom is -0.324 e. The summed E-state index contributed by atoms with van der Waals surface area (Å²) in [6.07, 6.45) is 0. The van der Waals surface area contributed by atoms with Crippen molar-refractivity contribution in [1.29, 1.82) is 0 Å². The first-order valence-electron chi connectivity index (χ1n) is 9.56. The summed E-state index contributed by atoms with van der Waals surface area (Å²) in [5.74, 6) is -0.450. The lowest BCUT2D eigenvalue weighted by Gasteiger charge is -2.11. The number of carbonyl (C=O) groups excluding carboxylic acids is 2. The van der Waals surface area contributed by atoms with Gasteiger partial charge >= 0.3 is 0 Å². The minimum atomic E-state index is -3.68. The number of carbonyl (C=O) groups is 2. The van der Waals surface area contributed by atoms with E-state index in [0.29, 0.717) is 22.4 Å². The third-order valence-corrected chi connectivity index (χ3v) is 6.19. The van der Waals surface area contributed by atoms with Gasteiger partial charge in [0.05, 0.1) is 4.90 Å². The average Bonchev–Trinajstić information content (AvgIpc) is 3.04. The quantitative estimate of drug-likeness (QED) is 0.604. The van der Waals surface area contributed by atoms with Gasteiger partial charge in [0.15, 0.2) is 5.78 Å². The van der Waals surface area contributed by atoms with Crippen molar-refractivity contribution >= 4 is 33.2 Å². The van der Waals surface area contributed by atoms with Crippen LogP contribution in [0, 0.1) is 0 Å². The van der Waals surface area contributed by atoms with Crippen molar-refractivity contribution < 1.29 is 18.0 Å². The van der Waals surface area contributed by atoms with Gasteiger partial charge in [0.25, 0.3) is 10.0 Å². The van der Waals surface area contributed by atoms with Crippen LogP contribution in [0.15, 0.2) is 88.8 Å². The molecular weight excluding hydrogens is 414 g/mol. The fourth-order valence-corrected chi connectivity index (χ4v) is 4.46. The van der Waals surface area contributed by atoms with E-state index in [9.17, 15) is 18.0 Å². The van der Waals surface area contributed by atoms with Crippen LogP contribution in [0.5, 0.6) is 0 Å². The number of amides is 1. The zero-order valence-electron chi connectivity index (χ0n) is 16.6. The molecule has 0 unspecified atom stereocenters.